The lowest BCUT2D eigenvalue weighted by Gasteiger charge is -2.38. The lowest BCUT2D eigenvalue weighted by molar-refractivity contribution is 0.116. The summed E-state index contributed by atoms with van der Waals surface area (Å²) in [5, 5.41) is 6.97. The van der Waals surface area contributed by atoms with Crippen molar-refractivity contribution in [1.82, 2.24) is 20.4 Å². The van der Waals surface area contributed by atoms with Crippen LogP contribution in [0.25, 0.3) is 0 Å². The largest absolute Gasteiger partial charge is 0.357 e. The van der Waals surface area contributed by atoms with Crippen LogP contribution in [0.15, 0.2) is 35.3 Å². The highest BCUT2D eigenvalue weighted by Crippen LogP contribution is 2.48. The number of aliphatic imine (C=N–C) groups is 1. The van der Waals surface area contributed by atoms with Gasteiger partial charge in [0.2, 0.25) is 0 Å². The van der Waals surface area contributed by atoms with Gasteiger partial charge in [-0.3, -0.25) is 9.89 Å². The zero-order chi connectivity index (χ0) is 17.7. The van der Waals surface area contributed by atoms with E-state index in [-0.39, 0.29) is 5.41 Å². The number of hydrogen-bond acceptors (Lipinski definition) is 3. The Morgan fingerprint density at radius 3 is 2.60 bits per heavy atom. The minimum Gasteiger partial charge on any atom is -0.357 e. The number of benzene rings is 1. The van der Waals surface area contributed by atoms with E-state index in [2.05, 4.69) is 71.8 Å². The molecule has 0 bridgehead atoms. The standard InChI is InChI=1S/C20H33N5/c1-4-21-19(22-14-18-15-24(2)12-13-25(18)3)23-16-20(10-11-20)17-8-6-5-7-9-17/h5-9,18H,4,10-16H2,1-3H3,(H2,21,22,23). The van der Waals surface area contributed by atoms with Crippen molar-refractivity contribution in [2.75, 3.05) is 53.4 Å². The van der Waals surface area contributed by atoms with Gasteiger partial charge in [-0.05, 0) is 39.4 Å². The van der Waals surface area contributed by atoms with Gasteiger partial charge in [-0.15, -0.1) is 0 Å². The second-order valence-corrected chi connectivity index (χ2v) is 7.62. The first-order valence-electron chi connectivity index (χ1n) is 9.59. The van der Waals surface area contributed by atoms with Crippen LogP contribution in [0.2, 0.25) is 0 Å². The molecule has 5 nitrogen and oxygen atoms in total. The number of nitrogens with zero attached hydrogens (tertiary/aromatic N) is 3. The summed E-state index contributed by atoms with van der Waals surface area (Å²) < 4.78 is 0. The summed E-state index contributed by atoms with van der Waals surface area (Å²) in [5.74, 6) is 0.950. The molecule has 1 aromatic carbocycles. The number of hydrogen-bond donors (Lipinski definition) is 2. The fourth-order valence-electron chi connectivity index (χ4n) is 3.59. The normalized spacial score (nSPS) is 24.1. The topological polar surface area (TPSA) is 42.9 Å². The third kappa shape index (κ3) is 4.73. The van der Waals surface area contributed by atoms with Crippen LogP contribution in [-0.2, 0) is 5.41 Å². The van der Waals surface area contributed by atoms with Crippen molar-refractivity contribution in [3.63, 3.8) is 0 Å². The van der Waals surface area contributed by atoms with E-state index in [0.29, 0.717) is 6.04 Å². The molecule has 138 valence electrons. The molecule has 1 atom stereocenters. The van der Waals surface area contributed by atoms with E-state index in [0.717, 1.165) is 45.2 Å². The molecule has 1 aliphatic carbocycles. The van der Waals surface area contributed by atoms with E-state index < -0.39 is 0 Å². The molecule has 1 saturated heterocycles. The van der Waals surface area contributed by atoms with Crippen molar-refractivity contribution in [2.45, 2.75) is 31.2 Å². The zero-order valence-corrected chi connectivity index (χ0v) is 16.0. The fourth-order valence-corrected chi connectivity index (χ4v) is 3.59. The van der Waals surface area contributed by atoms with Crippen molar-refractivity contribution in [3.8, 4) is 0 Å². The highest BCUT2D eigenvalue weighted by molar-refractivity contribution is 5.79. The van der Waals surface area contributed by atoms with E-state index in [1.807, 2.05) is 0 Å². The molecule has 0 amide bonds. The van der Waals surface area contributed by atoms with Gasteiger partial charge in [0.25, 0.3) is 0 Å². The van der Waals surface area contributed by atoms with Crippen molar-refractivity contribution in [2.24, 2.45) is 4.99 Å². The van der Waals surface area contributed by atoms with Crippen molar-refractivity contribution in [1.29, 1.82) is 0 Å². The second-order valence-electron chi connectivity index (χ2n) is 7.62. The highest BCUT2D eigenvalue weighted by atomic mass is 15.3. The molecule has 1 unspecified atom stereocenters. The van der Waals surface area contributed by atoms with Crippen LogP contribution in [0.1, 0.15) is 25.3 Å². The van der Waals surface area contributed by atoms with E-state index in [9.17, 15) is 0 Å². The first-order valence-corrected chi connectivity index (χ1v) is 9.59. The number of rotatable bonds is 6. The van der Waals surface area contributed by atoms with Crippen molar-refractivity contribution < 1.29 is 0 Å². The van der Waals surface area contributed by atoms with Crippen LogP contribution in [0, 0.1) is 0 Å². The van der Waals surface area contributed by atoms with Gasteiger partial charge in [-0.2, -0.15) is 0 Å². The molecule has 2 N–H and O–H groups in total. The molecular weight excluding hydrogens is 310 g/mol. The molecule has 0 spiro atoms. The van der Waals surface area contributed by atoms with Crippen LogP contribution in [0.4, 0.5) is 0 Å². The maximum Gasteiger partial charge on any atom is 0.191 e. The minimum atomic E-state index is 0.269. The molecule has 25 heavy (non-hydrogen) atoms. The Bertz CT molecular complexity index is 567. The van der Waals surface area contributed by atoms with Crippen LogP contribution in [0.5, 0.6) is 0 Å². The second kappa shape index (κ2) is 8.19. The van der Waals surface area contributed by atoms with Crippen LogP contribution < -0.4 is 10.6 Å². The Balaban J connectivity index is 1.58. The predicted molar refractivity (Wildman–Crippen MR) is 105 cm³/mol. The molecular formula is C20H33N5. The number of nitrogens with one attached hydrogen (secondary N) is 2. The maximum absolute atomic E-state index is 4.91. The highest BCUT2D eigenvalue weighted by Gasteiger charge is 2.44. The van der Waals surface area contributed by atoms with Gasteiger partial charge in [0, 0.05) is 44.2 Å². The molecule has 1 heterocycles. The summed E-state index contributed by atoms with van der Waals surface area (Å²) in [5.41, 5.74) is 1.70. The van der Waals surface area contributed by atoms with E-state index in [4.69, 9.17) is 4.99 Å². The van der Waals surface area contributed by atoms with E-state index in [1.54, 1.807) is 0 Å². The summed E-state index contributed by atoms with van der Waals surface area (Å²) in [6.07, 6.45) is 2.49. The quantitative estimate of drug-likeness (QED) is 0.607. The monoisotopic (exact) mass is 343 g/mol. The Morgan fingerprint density at radius 1 is 1.16 bits per heavy atom. The Morgan fingerprint density at radius 2 is 1.92 bits per heavy atom. The zero-order valence-electron chi connectivity index (χ0n) is 16.0. The molecule has 0 aromatic heterocycles. The molecule has 5 heteroatoms. The smallest absolute Gasteiger partial charge is 0.191 e. The molecule has 1 aromatic rings. The average molecular weight is 344 g/mol. The Labute approximate surface area is 152 Å². The van der Waals surface area contributed by atoms with Gasteiger partial charge in [0.15, 0.2) is 5.96 Å². The van der Waals surface area contributed by atoms with Crippen molar-refractivity contribution in [3.05, 3.63) is 35.9 Å². The van der Waals surface area contributed by atoms with E-state index >= 15 is 0 Å². The fraction of sp³-hybridized carbons (Fsp3) is 0.650. The average Bonchev–Trinajstić information content (AvgIpc) is 3.42. The summed E-state index contributed by atoms with van der Waals surface area (Å²) >= 11 is 0. The SMILES string of the molecule is CCNC(=NCC1(c2ccccc2)CC1)NCC1CN(C)CCN1C. The third-order valence-corrected chi connectivity index (χ3v) is 5.61. The third-order valence-electron chi connectivity index (χ3n) is 5.61. The molecule has 3 rings (SSSR count). The lowest BCUT2D eigenvalue weighted by atomic mass is 9.96. The minimum absolute atomic E-state index is 0.269. The summed E-state index contributed by atoms with van der Waals surface area (Å²) in [6.45, 7) is 8.22. The molecule has 0 radical (unpaired) electrons. The van der Waals surface area contributed by atoms with Gasteiger partial charge in [-0.1, -0.05) is 30.3 Å². The van der Waals surface area contributed by atoms with Crippen LogP contribution in [0.3, 0.4) is 0 Å². The molecule has 2 fully saturated rings. The van der Waals surface area contributed by atoms with Gasteiger partial charge >= 0.3 is 0 Å². The van der Waals surface area contributed by atoms with Gasteiger partial charge < -0.3 is 15.5 Å². The molecule has 1 aliphatic heterocycles. The summed E-state index contributed by atoms with van der Waals surface area (Å²) in [7, 11) is 4.42. The van der Waals surface area contributed by atoms with Crippen LogP contribution >= 0.6 is 0 Å². The van der Waals surface area contributed by atoms with Crippen LogP contribution in [-0.4, -0.2) is 75.2 Å². The van der Waals surface area contributed by atoms with E-state index in [1.165, 1.54) is 18.4 Å². The first kappa shape index (κ1) is 18.2. The summed E-state index contributed by atoms with van der Waals surface area (Å²) in [6, 6.07) is 11.4. The molecule has 2 aliphatic rings. The maximum atomic E-state index is 4.91. The number of piperazine rings is 1. The Hall–Kier alpha value is -1.59. The number of likely N-dealkylation sites (N-methyl/N-ethyl adjacent to an activating group) is 2. The summed E-state index contributed by atoms with van der Waals surface area (Å²) in [4.78, 5) is 9.77. The van der Waals surface area contributed by atoms with Gasteiger partial charge in [0.05, 0.1) is 6.54 Å². The lowest BCUT2D eigenvalue weighted by Crippen LogP contribution is -2.55. The van der Waals surface area contributed by atoms with Crippen molar-refractivity contribution >= 4 is 5.96 Å². The predicted octanol–water partition coefficient (Wildman–Crippen LogP) is 1.52. The van der Waals surface area contributed by atoms with Gasteiger partial charge in [-0.25, -0.2) is 0 Å². The molecule has 1 saturated carbocycles. The Kier molecular flexibility index (Phi) is 5.97. The number of guanidine groups is 1. The van der Waals surface area contributed by atoms with Gasteiger partial charge in [0.1, 0.15) is 0 Å². The first-order chi connectivity index (χ1) is 12.1.